The molecule has 1 atom stereocenters. The molecule has 0 bridgehead atoms. The second-order valence-electron chi connectivity index (χ2n) is 4.74. The van der Waals surface area contributed by atoms with Crippen molar-refractivity contribution in [2.45, 2.75) is 58.2 Å². The van der Waals surface area contributed by atoms with E-state index < -0.39 is 0 Å². The molecule has 1 aliphatic rings. The fourth-order valence-corrected chi connectivity index (χ4v) is 2.40. The lowest BCUT2D eigenvalue weighted by Crippen LogP contribution is -2.24. The Labute approximate surface area is 102 Å². The highest BCUT2D eigenvalue weighted by Gasteiger charge is 2.14. The summed E-state index contributed by atoms with van der Waals surface area (Å²) in [7, 11) is 0. The monoisotopic (exact) mass is 238 g/mol. The third-order valence-electron chi connectivity index (χ3n) is 3.33. The van der Waals surface area contributed by atoms with E-state index >= 15 is 0 Å². The zero-order valence-corrected chi connectivity index (χ0v) is 10.6. The van der Waals surface area contributed by atoms with E-state index in [1.54, 1.807) is 4.57 Å². The lowest BCUT2D eigenvalue weighted by atomic mass is 10.1. The molecule has 1 saturated heterocycles. The molecular weight excluding hydrogens is 216 g/mol. The fraction of sp³-hybridized carbons (Fsp3) is 0.769. The van der Waals surface area contributed by atoms with Crippen LogP contribution in [0.15, 0.2) is 17.2 Å². The Morgan fingerprint density at radius 2 is 2.12 bits per heavy atom. The fourth-order valence-electron chi connectivity index (χ4n) is 2.40. The van der Waals surface area contributed by atoms with Crippen LogP contribution in [-0.2, 0) is 17.8 Å². The van der Waals surface area contributed by atoms with Crippen LogP contribution in [0.25, 0.3) is 0 Å². The van der Waals surface area contributed by atoms with E-state index in [-0.39, 0.29) is 5.69 Å². The lowest BCUT2D eigenvalue weighted by molar-refractivity contribution is 0.101. The number of rotatable bonds is 6. The first-order valence-electron chi connectivity index (χ1n) is 6.68. The van der Waals surface area contributed by atoms with Gasteiger partial charge in [-0.1, -0.05) is 6.92 Å². The number of imidazole rings is 1. The Bertz CT molecular complexity index is 388. The summed E-state index contributed by atoms with van der Waals surface area (Å²) in [6.45, 7) is 4.63. The summed E-state index contributed by atoms with van der Waals surface area (Å²) in [6, 6.07) is 0. The molecule has 1 unspecified atom stereocenters. The number of hydrogen-bond acceptors (Lipinski definition) is 2. The number of ether oxygens (including phenoxy) is 1. The van der Waals surface area contributed by atoms with E-state index in [1.807, 2.05) is 17.0 Å². The van der Waals surface area contributed by atoms with Gasteiger partial charge in [0, 0.05) is 32.1 Å². The minimum absolute atomic E-state index is 0.124. The van der Waals surface area contributed by atoms with Crippen LogP contribution in [0.4, 0.5) is 0 Å². The van der Waals surface area contributed by atoms with Gasteiger partial charge in [0.25, 0.3) is 0 Å². The summed E-state index contributed by atoms with van der Waals surface area (Å²) in [6.07, 6.45) is 9.70. The zero-order chi connectivity index (χ0) is 12.1. The standard InChI is InChI=1S/C13H22N2O2/c1-2-7-14-9-10-15(13(14)16)8-3-5-12-6-4-11-17-12/h9-10,12H,2-8,11H2,1H3. The van der Waals surface area contributed by atoms with Crippen LogP contribution in [0.1, 0.15) is 39.0 Å². The molecular formula is C13H22N2O2. The minimum Gasteiger partial charge on any atom is -0.378 e. The summed E-state index contributed by atoms with van der Waals surface area (Å²) < 4.78 is 9.17. The first kappa shape index (κ1) is 12.4. The van der Waals surface area contributed by atoms with E-state index in [0.717, 1.165) is 39.0 Å². The van der Waals surface area contributed by atoms with Crippen molar-refractivity contribution in [3.63, 3.8) is 0 Å². The van der Waals surface area contributed by atoms with E-state index in [2.05, 4.69) is 6.92 Å². The van der Waals surface area contributed by atoms with E-state index in [0.29, 0.717) is 6.10 Å². The van der Waals surface area contributed by atoms with Crippen LogP contribution in [0, 0.1) is 0 Å². The molecule has 1 aromatic heterocycles. The van der Waals surface area contributed by atoms with Crippen molar-refractivity contribution >= 4 is 0 Å². The normalized spacial score (nSPS) is 19.9. The summed E-state index contributed by atoms with van der Waals surface area (Å²) in [5.74, 6) is 0. The summed E-state index contributed by atoms with van der Waals surface area (Å²) in [5.41, 5.74) is 0.124. The topological polar surface area (TPSA) is 36.2 Å². The molecule has 4 heteroatoms. The number of hydrogen-bond donors (Lipinski definition) is 0. The molecule has 96 valence electrons. The maximum Gasteiger partial charge on any atom is 0.328 e. The van der Waals surface area contributed by atoms with Crippen molar-refractivity contribution in [2.24, 2.45) is 0 Å². The maximum atomic E-state index is 11.9. The van der Waals surface area contributed by atoms with Crippen molar-refractivity contribution in [1.29, 1.82) is 0 Å². The van der Waals surface area contributed by atoms with Gasteiger partial charge >= 0.3 is 5.69 Å². The molecule has 2 heterocycles. The quantitative estimate of drug-likeness (QED) is 0.760. The van der Waals surface area contributed by atoms with Crippen LogP contribution in [0.5, 0.6) is 0 Å². The van der Waals surface area contributed by atoms with Gasteiger partial charge in [-0.05, 0) is 32.1 Å². The molecule has 1 fully saturated rings. The second kappa shape index (κ2) is 6.05. The maximum absolute atomic E-state index is 11.9. The summed E-state index contributed by atoms with van der Waals surface area (Å²) in [5, 5.41) is 0. The van der Waals surface area contributed by atoms with Gasteiger partial charge in [-0.15, -0.1) is 0 Å². The SMILES string of the molecule is CCCn1ccn(CCCC2CCCO2)c1=O. The first-order valence-corrected chi connectivity index (χ1v) is 6.68. The number of nitrogens with zero attached hydrogens (tertiary/aromatic N) is 2. The average molecular weight is 238 g/mol. The highest BCUT2D eigenvalue weighted by Crippen LogP contribution is 2.16. The molecule has 0 spiro atoms. The average Bonchev–Trinajstić information content (AvgIpc) is 2.94. The van der Waals surface area contributed by atoms with Gasteiger partial charge in [0.05, 0.1) is 6.10 Å². The predicted octanol–water partition coefficient (Wildman–Crippen LogP) is 2.02. The van der Waals surface area contributed by atoms with Gasteiger partial charge in [0.1, 0.15) is 0 Å². The zero-order valence-electron chi connectivity index (χ0n) is 10.6. The minimum atomic E-state index is 0.124. The highest BCUT2D eigenvalue weighted by atomic mass is 16.5. The summed E-state index contributed by atoms with van der Waals surface area (Å²) in [4.78, 5) is 11.9. The Balaban J connectivity index is 1.80. The Morgan fingerprint density at radius 1 is 1.35 bits per heavy atom. The molecule has 4 nitrogen and oxygen atoms in total. The number of aromatic nitrogens is 2. The van der Waals surface area contributed by atoms with Crippen LogP contribution in [-0.4, -0.2) is 21.8 Å². The molecule has 0 N–H and O–H groups in total. The Hall–Kier alpha value is -1.03. The van der Waals surface area contributed by atoms with E-state index in [9.17, 15) is 4.79 Å². The Morgan fingerprint density at radius 3 is 2.76 bits per heavy atom. The van der Waals surface area contributed by atoms with Crippen LogP contribution in [0.3, 0.4) is 0 Å². The van der Waals surface area contributed by atoms with Crippen LogP contribution >= 0.6 is 0 Å². The molecule has 0 aromatic carbocycles. The molecule has 1 aliphatic heterocycles. The third kappa shape index (κ3) is 3.22. The van der Waals surface area contributed by atoms with Crippen LogP contribution in [0.2, 0.25) is 0 Å². The highest BCUT2D eigenvalue weighted by molar-refractivity contribution is 4.81. The second-order valence-corrected chi connectivity index (χ2v) is 4.74. The molecule has 2 rings (SSSR count). The van der Waals surface area contributed by atoms with Gasteiger partial charge in [0.2, 0.25) is 0 Å². The van der Waals surface area contributed by atoms with Crippen molar-refractivity contribution in [3.8, 4) is 0 Å². The number of aryl methyl sites for hydroxylation is 2. The van der Waals surface area contributed by atoms with Crippen molar-refractivity contribution in [3.05, 3.63) is 22.9 Å². The smallest absolute Gasteiger partial charge is 0.328 e. The van der Waals surface area contributed by atoms with Gasteiger partial charge in [0.15, 0.2) is 0 Å². The van der Waals surface area contributed by atoms with Crippen molar-refractivity contribution < 1.29 is 4.74 Å². The van der Waals surface area contributed by atoms with Crippen LogP contribution < -0.4 is 5.69 Å². The predicted molar refractivity (Wildman–Crippen MR) is 67.2 cm³/mol. The van der Waals surface area contributed by atoms with E-state index in [4.69, 9.17) is 4.74 Å². The van der Waals surface area contributed by atoms with Crippen molar-refractivity contribution in [2.75, 3.05) is 6.61 Å². The Kier molecular flexibility index (Phi) is 4.42. The lowest BCUT2D eigenvalue weighted by Gasteiger charge is -2.08. The molecule has 0 saturated carbocycles. The molecule has 17 heavy (non-hydrogen) atoms. The first-order chi connectivity index (χ1) is 8.31. The van der Waals surface area contributed by atoms with Gasteiger partial charge < -0.3 is 4.74 Å². The van der Waals surface area contributed by atoms with Gasteiger partial charge in [-0.2, -0.15) is 0 Å². The largest absolute Gasteiger partial charge is 0.378 e. The molecule has 0 amide bonds. The molecule has 0 aliphatic carbocycles. The van der Waals surface area contributed by atoms with E-state index in [1.165, 1.54) is 12.8 Å². The third-order valence-corrected chi connectivity index (χ3v) is 3.33. The summed E-state index contributed by atoms with van der Waals surface area (Å²) >= 11 is 0. The van der Waals surface area contributed by atoms with Crippen molar-refractivity contribution in [1.82, 2.24) is 9.13 Å². The molecule has 1 aromatic rings. The van der Waals surface area contributed by atoms with Gasteiger partial charge in [-0.25, -0.2) is 4.79 Å². The van der Waals surface area contributed by atoms with Gasteiger partial charge in [-0.3, -0.25) is 9.13 Å². The molecule has 0 radical (unpaired) electrons.